The molecule has 2 N–H and O–H groups in total. The number of hydrogen-bond donors (Lipinski definition) is 1. The van der Waals surface area contributed by atoms with Gasteiger partial charge in [-0.25, -0.2) is 4.52 Å². The zero-order valence-corrected chi connectivity index (χ0v) is 11.7. The lowest BCUT2D eigenvalue weighted by Crippen LogP contribution is -2.10. The van der Waals surface area contributed by atoms with Gasteiger partial charge >= 0.3 is 0 Å². The van der Waals surface area contributed by atoms with Crippen molar-refractivity contribution in [3.05, 3.63) is 61.2 Å². The highest BCUT2D eigenvalue weighted by Crippen LogP contribution is 2.21. The molecule has 0 bridgehead atoms. The van der Waals surface area contributed by atoms with Crippen LogP contribution >= 0.6 is 0 Å². The molecule has 0 amide bonds. The normalized spacial score (nSPS) is 11.1. The van der Waals surface area contributed by atoms with Gasteiger partial charge in [-0.05, 0) is 24.3 Å². The first-order valence-electron chi connectivity index (χ1n) is 6.85. The number of nitrogen functional groups attached to an aromatic ring is 1. The minimum Gasteiger partial charge on any atom is -0.399 e. The van der Waals surface area contributed by atoms with Crippen molar-refractivity contribution in [2.75, 3.05) is 5.73 Å². The number of pyridine rings is 1. The first kappa shape index (κ1) is 12.7. The van der Waals surface area contributed by atoms with Crippen LogP contribution in [0.1, 0.15) is 0 Å². The van der Waals surface area contributed by atoms with Crippen LogP contribution in [0.15, 0.2) is 61.2 Å². The van der Waals surface area contributed by atoms with E-state index in [9.17, 15) is 0 Å². The van der Waals surface area contributed by atoms with Crippen molar-refractivity contribution < 1.29 is 0 Å². The average Bonchev–Trinajstić information content (AvgIpc) is 3.11. The number of rotatable bonds is 2. The van der Waals surface area contributed by atoms with E-state index >= 15 is 0 Å². The molecule has 0 unspecified atom stereocenters. The summed E-state index contributed by atoms with van der Waals surface area (Å²) in [5.41, 5.74) is 10.8. The van der Waals surface area contributed by atoms with Gasteiger partial charge < -0.3 is 10.3 Å². The Morgan fingerprint density at radius 1 is 1.09 bits per heavy atom. The first-order chi connectivity index (χ1) is 10.7. The summed E-state index contributed by atoms with van der Waals surface area (Å²) in [6.07, 6.45) is 7.39. The van der Waals surface area contributed by atoms with E-state index in [4.69, 9.17) is 13.6 Å². The Morgan fingerprint density at radius 3 is 2.77 bits per heavy atom. The van der Waals surface area contributed by atoms with Gasteiger partial charge in [0.25, 0.3) is 0 Å². The zero-order chi connectivity index (χ0) is 15.1. The van der Waals surface area contributed by atoms with E-state index in [-0.39, 0.29) is 0 Å². The molecule has 4 aromatic rings. The van der Waals surface area contributed by atoms with Crippen LogP contribution in [0.2, 0.25) is 0 Å². The Hall–Kier alpha value is -3.02. The van der Waals surface area contributed by atoms with Crippen LogP contribution in [-0.4, -0.2) is 27.0 Å². The van der Waals surface area contributed by atoms with Gasteiger partial charge in [0, 0.05) is 47.8 Å². The summed E-state index contributed by atoms with van der Waals surface area (Å²) < 4.78 is 3.84. The van der Waals surface area contributed by atoms with Crippen molar-refractivity contribution in [1.29, 1.82) is 0 Å². The highest BCUT2D eigenvalue weighted by Gasteiger charge is 2.09. The predicted octanol–water partition coefficient (Wildman–Crippen LogP) is 1.56. The third-order valence-electron chi connectivity index (χ3n) is 3.63. The van der Waals surface area contributed by atoms with Crippen molar-refractivity contribution >= 4 is 24.6 Å². The summed E-state index contributed by atoms with van der Waals surface area (Å²) in [6.45, 7) is 0. The van der Waals surface area contributed by atoms with Gasteiger partial charge in [-0.1, -0.05) is 11.5 Å². The molecule has 6 heteroatoms. The van der Waals surface area contributed by atoms with Crippen LogP contribution in [0.5, 0.6) is 0 Å². The minimum atomic E-state index is 0.566. The molecule has 104 valence electrons. The molecule has 0 fully saturated rings. The second-order valence-corrected chi connectivity index (χ2v) is 5.06. The van der Waals surface area contributed by atoms with Gasteiger partial charge in [-0.15, -0.1) is 0 Å². The fourth-order valence-electron chi connectivity index (χ4n) is 2.47. The summed E-state index contributed by atoms with van der Waals surface area (Å²) in [4.78, 5) is 4.13. The second-order valence-electron chi connectivity index (χ2n) is 5.06. The highest BCUT2D eigenvalue weighted by atomic mass is 15.3. The Morgan fingerprint density at radius 2 is 2.00 bits per heavy atom. The molecule has 5 nitrogen and oxygen atoms in total. The number of nitrogens with zero attached hydrogens (tertiary/aromatic N) is 4. The molecule has 1 aromatic carbocycles. The maximum atomic E-state index is 5.90. The Bertz CT molecular complexity index is 955. The summed E-state index contributed by atoms with van der Waals surface area (Å²) in [5.74, 6) is 0. The predicted molar refractivity (Wildman–Crippen MR) is 87.6 cm³/mol. The summed E-state index contributed by atoms with van der Waals surface area (Å²) in [5, 5.41) is 4.57. The zero-order valence-electron chi connectivity index (χ0n) is 11.7. The number of aromatic nitrogens is 4. The molecular weight excluding hydrogens is 273 g/mol. The van der Waals surface area contributed by atoms with E-state index in [2.05, 4.69) is 10.1 Å². The van der Waals surface area contributed by atoms with Gasteiger partial charge in [-0.3, -0.25) is 4.98 Å². The minimum absolute atomic E-state index is 0.566. The number of hydrogen-bond acceptors (Lipinski definition) is 3. The lowest BCUT2D eigenvalue weighted by atomic mass is 9.94. The van der Waals surface area contributed by atoms with Crippen molar-refractivity contribution in [3.63, 3.8) is 0 Å². The van der Waals surface area contributed by atoms with Crippen molar-refractivity contribution in [2.24, 2.45) is 0 Å². The van der Waals surface area contributed by atoms with Gasteiger partial charge in [0.2, 0.25) is 0 Å². The topological polar surface area (TPSA) is 61.1 Å². The molecule has 0 aliphatic rings. The largest absolute Gasteiger partial charge is 0.399 e. The fraction of sp³-hybridized carbons (Fsp3) is 0. The summed E-state index contributed by atoms with van der Waals surface area (Å²) >= 11 is 0. The molecule has 3 aromatic heterocycles. The Balaban J connectivity index is 1.86. The Kier molecular flexibility index (Phi) is 2.75. The van der Waals surface area contributed by atoms with Crippen LogP contribution in [-0.2, 0) is 0 Å². The smallest absolute Gasteiger partial charge is 0.140 e. The molecule has 2 radical (unpaired) electrons. The van der Waals surface area contributed by atoms with Crippen molar-refractivity contribution in [3.8, 4) is 16.9 Å². The summed E-state index contributed by atoms with van der Waals surface area (Å²) in [6, 6.07) is 11.5. The van der Waals surface area contributed by atoms with Gasteiger partial charge in [0.1, 0.15) is 13.5 Å². The van der Waals surface area contributed by atoms with Gasteiger partial charge in [0.15, 0.2) is 0 Å². The van der Waals surface area contributed by atoms with Crippen LogP contribution < -0.4 is 11.2 Å². The average molecular weight is 285 g/mol. The second kappa shape index (κ2) is 4.77. The quantitative estimate of drug-likeness (QED) is 0.449. The maximum absolute atomic E-state index is 5.90. The monoisotopic (exact) mass is 285 g/mol. The van der Waals surface area contributed by atoms with E-state index in [0.29, 0.717) is 11.2 Å². The maximum Gasteiger partial charge on any atom is 0.140 e. The molecule has 0 saturated carbocycles. The number of fused-ring (bicyclic) bond motifs is 1. The van der Waals surface area contributed by atoms with E-state index < -0.39 is 0 Å². The molecule has 3 heterocycles. The van der Waals surface area contributed by atoms with E-state index in [1.807, 2.05) is 51.8 Å². The number of anilines is 1. The van der Waals surface area contributed by atoms with Crippen LogP contribution in [0.4, 0.5) is 5.69 Å². The molecule has 0 atom stereocenters. The number of nitrogens with two attached hydrogens (primary N) is 1. The van der Waals surface area contributed by atoms with Gasteiger partial charge in [0.05, 0.1) is 5.69 Å². The fourth-order valence-corrected chi connectivity index (χ4v) is 2.47. The van der Waals surface area contributed by atoms with Crippen molar-refractivity contribution in [1.82, 2.24) is 19.2 Å². The molecular formula is C16H12BN5. The van der Waals surface area contributed by atoms with E-state index in [1.54, 1.807) is 18.5 Å². The van der Waals surface area contributed by atoms with Crippen molar-refractivity contribution in [2.45, 2.75) is 0 Å². The molecule has 22 heavy (non-hydrogen) atoms. The first-order valence-corrected chi connectivity index (χ1v) is 6.85. The highest BCUT2D eigenvalue weighted by molar-refractivity contribution is 6.35. The van der Waals surface area contributed by atoms with Crippen LogP contribution in [0, 0.1) is 0 Å². The third kappa shape index (κ3) is 1.97. The lowest BCUT2D eigenvalue weighted by molar-refractivity contribution is 0.969. The molecule has 0 saturated heterocycles. The molecule has 0 spiro atoms. The lowest BCUT2D eigenvalue weighted by Gasteiger charge is -2.06. The number of imidazole rings is 1. The molecule has 4 rings (SSSR count). The Labute approximate surface area is 128 Å². The summed E-state index contributed by atoms with van der Waals surface area (Å²) in [7, 11) is 5.78. The van der Waals surface area contributed by atoms with E-state index in [1.165, 1.54) is 0 Å². The van der Waals surface area contributed by atoms with E-state index in [0.717, 1.165) is 22.6 Å². The van der Waals surface area contributed by atoms with Crippen LogP contribution in [0.3, 0.4) is 0 Å². The number of benzene rings is 1. The van der Waals surface area contributed by atoms with Gasteiger partial charge in [-0.2, -0.15) is 5.10 Å². The third-order valence-corrected chi connectivity index (χ3v) is 3.63. The standard InChI is InChI=1S/C16H12BN5/c17-13-4-3-12(8-14(13)18)21-6-7-22-16(21)9-15(20-22)11-2-1-5-19-10-11/h1-10H,18H2. The molecule has 0 aliphatic heterocycles. The van der Waals surface area contributed by atoms with Crippen LogP contribution in [0.25, 0.3) is 22.6 Å². The SMILES string of the molecule is [B]c1ccc(-n2ccn3nc(-c4cccnc4)cc23)cc1N. The molecule has 0 aliphatic carbocycles.